The minimum absolute atomic E-state index is 0.173. The van der Waals surface area contributed by atoms with Gasteiger partial charge in [0.1, 0.15) is 5.82 Å². The smallest absolute Gasteiger partial charge is 0.192 e. The van der Waals surface area contributed by atoms with Crippen LogP contribution in [0.15, 0.2) is 23.2 Å². The Morgan fingerprint density at radius 2 is 2.21 bits per heavy atom. The van der Waals surface area contributed by atoms with E-state index in [0.29, 0.717) is 18.1 Å². The van der Waals surface area contributed by atoms with E-state index in [4.69, 9.17) is 5.73 Å². The number of rotatable bonds is 3. The number of benzene rings is 1. The molecule has 1 aliphatic heterocycles. The van der Waals surface area contributed by atoms with Crippen LogP contribution in [0.3, 0.4) is 0 Å². The second kappa shape index (κ2) is 4.83. The molecular weight excluding hydrogens is 241 g/mol. The maximum Gasteiger partial charge on any atom is 0.192 e. The van der Waals surface area contributed by atoms with Crippen LogP contribution in [-0.4, -0.2) is 23.4 Å². The Morgan fingerprint density at radius 3 is 2.79 bits per heavy atom. The van der Waals surface area contributed by atoms with Gasteiger partial charge in [0.25, 0.3) is 0 Å². The highest BCUT2D eigenvalue weighted by Gasteiger charge is 2.41. The fourth-order valence-electron chi connectivity index (χ4n) is 2.69. The summed E-state index contributed by atoms with van der Waals surface area (Å²) in [5, 5.41) is 0. The van der Waals surface area contributed by atoms with Gasteiger partial charge in [-0.05, 0) is 44.4 Å². The molecule has 0 fully saturated rings. The van der Waals surface area contributed by atoms with Crippen LogP contribution in [-0.2, 0) is 5.54 Å². The van der Waals surface area contributed by atoms with Gasteiger partial charge in [-0.2, -0.15) is 0 Å². The van der Waals surface area contributed by atoms with Crippen molar-refractivity contribution in [1.29, 1.82) is 0 Å². The van der Waals surface area contributed by atoms with E-state index in [9.17, 15) is 4.39 Å². The second-order valence-corrected chi connectivity index (χ2v) is 5.54. The summed E-state index contributed by atoms with van der Waals surface area (Å²) in [6.45, 7) is 8.66. The highest BCUT2D eigenvalue weighted by molar-refractivity contribution is 5.81. The van der Waals surface area contributed by atoms with E-state index in [1.54, 1.807) is 13.0 Å². The van der Waals surface area contributed by atoms with Gasteiger partial charge in [0, 0.05) is 6.04 Å². The Labute approximate surface area is 114 Å². The van der Waals surface area contributed by atoms with Crippen LogP contribution >= 0.6 is 0 Å². The number of aliphatic imine (C=N–C) groups is 1. The molecule has 1 heterocycles. The lowest BCUT2D eigenvalue weighted by atomic mass is 9.89. The van der Waals surface area contributed by atoms with Crippen molar-refractivity contribution in [2.45, 2.75) is 45.7 Å². The molecule has 0 aromatic heterocycles. The van der Waals surface area contributed by atoms with E-state index in [2.05, 4.69) is 30.7 Å². The fraction of sp³-hybridized carbons (Fsp3) is 0.533. The molecule has 1 aromatic rings. The summed E-state index contributed by atoms with van der Waals surface area (Å²) in [5.41, 5.74) is 7.26. The summed E-state index contributed by atoms with van der Waals surface area (Å²) < 4.78 is 13.8. The molecule has 0 radical (unpaired) electrons. The molecule has 0 amide bonds. The first-order valence-corrected chi connectivity index (χ1v) is 6.76. The van der Waals surface area contributed by atoms with Gasteiger partial charge >= 0.3 is 0 Å². The molecule has 0 saturated heterocycles. The summed E-state index contributed by atoms with van der Waals surface area (Å²) in [7, 11) is 0. The second-order valence-electron chi connectivity index (χ2n) is 5.54. The van der Waals surface area contributed by atoms with Gasteiger partial charge in [-0.3, -0.25) is 4.99 Å². The summed E-state index contributed by atoms with van der Waals surface area (Å²) in [5.74, 6) is 0.381. The minimum Gasteiger partial charge on any atom is -0.370 e. The van der Waals surface area contributed by atoms with E-state index < -0.39 is 0 Å². The maximum absolute atomic E-state index is 13.8. The number of guanidine groups is 1. The Bertz CT molecular complexity index is 512. The normalized spacial score (nSPS) is 24.5. The summed E-state index contributed by atoms with van der Waals surface area (Å²) in [4.78, 5) is 6.47. The third kappa shape index (κ3) is 2.20. The van der Waals surface area contributed by atoms with Crippen molar-refractivity contribution >= 4 is 5.96 Å². The Morgan fingerprint density at radius 1 is 1.53 bits per heavy atom. The number of halogens is 1. The third-order valence-corrected chi connectivity index (χ3v) is 4.15. The zero-order valence-electron chi connectivity index (χ0n) is 12.1. The van der Waals surface area contributed by atoms with Gasteiger partial charge in [-0.15, -0.1) is 0 Å². The fourth-order valence-corrected chi connectivity index (χ4v) is 2.69. The van der Waals surface area contributed by atoms with Crippen LogP contribution in [0.5, 0.6) is 0 Å². The molecule has 2 atom stereocenters. The van der Waals surface area contributed by atoms with Crippen molar-refractivity contribution in [2.24, 2.45) is 10.7 Å². The van der Waals surface area contributed by atoms with Crippen molar-refractivity contribution in [3.8, 4) is 0 Å². The molecule has 4 heteroatoms. The zero-order valence-corrected chi connectivity index (χ0v) is 12.1. The topological polar surface area (TPSA) is 41.6 Å². The number of hydrogen-bond donors (Lipinski definition) is 1. The first-order valence-electron chi connectivity index (χ1n) is 6.76. The molecule has 104 valence electrons. The highest BCUT2D eigenvalue weighted by atomic mass is 19.1. The van der Waals surface area contributed by atoms with Gasteiger partial charge in [0.05, 0.1) is 12.1 Å². The van der Waals surface area contributed by atoms with Gasteiger partial charge in [0.15, 0.2) is 5.96 Å². The van der Waals surface area contributed by atoms with Crippen molar-refractivity contribution in [3.63, 3.8) is 0 Å². The Hall–Kier alpha value is -1.58. The van der Waals surface area contributed by atoms with Crippen molar-refractivity contribution in [1.82, 2.24) is 4.90 Å². The van der Waals surface area contributed by atoms with Crippen LogP contribution in [0.4, 0.5) is 4.39 Å². The van der Waals surface area contributed by atoms with Crippen LogP contribution < -0.4 is 5.73 Å². The highest BCUT2D eigenvalue weighted by Crippen LogP contribution is 2.35. The lowest BCUT2D eigenvalue weighted by molar-refractivity contribution is 0.171. The molecule has 2 N–H and O–H groups in total. The lowest BCUT2D eigenvalue weighted by Gasteiger charge is -2.40. The van der Waals surface area contributed by atoms with Crippen molar-refractivity contribution in [3.05, 3.63) is 35.1 Å². The van der Waals surface area contributed by atoms with Crippen LogP contribution in [0.1, 0.15) is 38.3 Å². The predicted octanol–water partition coefficient (Wildman–Crippen LogP) is 2.78. The quantitative estimate of drug-likeness (QED) is 0.911. The average Bonchev–Trinajstić information content (AvgIpc) is 2.69. The molecule has 1 aliphatic rings. The van der Waals surface area contributed by atoms with Crippen molar-refractivity contribution in [2.75, 3.05) is 6.54 Å². The Kier molecular flexibility index (Phi) is 3.52. The average molecular weight is 263 g/mol. The molecule has 3 nitrogen and oxygen atoms in total. The van der Waals surface area contributed by atoms with Crippen LogP contribution in [0, 0.1) is 12.7 Å². The minimum atomic E-state index is -0.353. The zero-order chi connectivity index (χ0) is 14.2. The largest absolute Gasteiger partial charge is 0.370 e. The van der Waals surface area contributed by atoms with Gasteiger partial charge < -0.3 is 10.6 Å². The van der Waals surface area contributed by atoms with Gasteiger partial charge in [0.2, 0.25) is 0 Å². The molecule has 0 spiro atoms. The third-order valence-electron chi connectivity index (χ3n) is 4.15. The van der Waals surface area contributed by atoms with Gasteiger partial charge in [-0.1, -0.05) is 19.1 Å². The SMILES string of the molecule is CCC(C)N1C(N)=NCC1(C)c1ccc(C)c(F)c1. The first kappa shape index (κ1) is 13.8. The Balaban J connectivity index is 2.43. The van der Waals surface area contributed by atoms with E-state index in [0.717, 1.165) is 12.0 Å². The van der Waals surface area contributed by atoms with Crippen molar-refractivity contribution < 1.29 is 4.39 Å². The molecule has 1 aromatic carbocycles. The van der Waals surface area contributed by atoms with E-state index in [1.807, 2.05) is 12.1 Å². The predicted molar refractivity (Wildman–Crippen MR) is 76.6 cm³/mol. The number of aryl methyl sites for hydroxylation is 1. The molecule has 0 aliphatic carbocycles. The summed E-state index contributed by atoms with van der Waals surface area (Å²) in [6.07, 6.45) is 0.972. The monoisotopic (exact) mass is 263 g/mol. The number of nitrogens with zero attached hydrogens (tertiary/aromatic N) is 2. The molecule has 0 saturated carbocycles. The first-order chi connectivity index (χ1) is 8.90. The molecule has 19 heavy (non-hydrogen) atoms. The van der Waals surface area contributed by atoms with E-state index in [-0.39, 0.29) is 17.4 Å². The molecule has 2 unspecified atom stereocenters. The van der Waals surface area contributed by atoms with Gasteiger partial charge in [-0.25, -0.2) is 4.39 Å². The lowest BCUT2D eigenvalue weighted by Crippen LogP contribution is -2.51. The molecule has 2 rings (SSSR count). The van der Waals surface area contributed by atoms with Crippen LogP contribution in [0.25, 0.3) is 0 Å². The summed E-state index contributed by atoms with van der Waals surface area (Å²) >= 11 is 0. The van der Waals surface area contributed by atoms with E-state index in [1.165, 1.54) is 0 Å². The molecule has 0 bridgehead atoms. The standard InChI is InChI=1S/C15H22FN3/c1-5-11(3)19-14(17)18-9-15(19,4)12-7-6-10(2)13(16)8-12/h6-8,11H,5,9H2,1-4H3,(H2,17,18). The number of nitrogens with two attached hydrogens (primary N) is 1. The molecular formula is C15H22FN3. The van der Waals surface area contributed by atoms with E-state index >= 15 is 0 Å². The van der Waals surface area contributed by atoms with Crippen LogP contribution in [0.2, 0.25) is 0 Å². The maximum atomic E-state index is 13.8. The number of hydrogen-bond acceptors (Lipinski definition) is 3. The summed E-state index contributed by atoms with van der Waals surface area (Å²) in [6, 6.07) is 5.68.